The Hall–Kier alpha value is -2.08. The largest absolute Gasteiger partial charge is 0.598 e. The summed E-state index contributed by atoms with van der Waals surface area (Å²) >= 11 is 4.23. The minimum atomic E-state index is -4.87. The zero-order valence-corrected chi connectivity index (χ0v) is 15.0. The molecule has 0 saturated carbocycles. The van der Waals surface area contributed by atoms with E-state index in [1.807, 2.05) is 4.72 Å². The van der Waals surface area contributed by atoms with Crippen molar-refractivity contribution in [2.45, 2.75) is 5.51 Å². The maximum atomic E-state index is 12.3. The Labute approximate surface area is 157 Å². The first-order valence-electron chi connectivity index (χ1n) is 6.83. The third-order valence-corrected chi connectivity index (χ3v) is 5.08. The number of rotatable bonds is 4. The molecule has 3 aromatic rings. The van der Waals surface area contributed by atoms with Gasteiger partial charge in [0.15, 0.2) is 11.4 Å². The number of thiazole rings is 1. The fraction of sp³-hybridized carbons (Fsp3) is 0.0714. The van der Waals surface area contributed by atoms with Crippen LogP contribution in [-0.2, 0) is 11.4 Å². The van der Waals surface area contributed by atoms with Gasteiger partial charge in [0.05, 0.1) is 16.4 Å². The van der Waals surface area contributed by atoms with Crippen molar-refractivity contribution < 1.29 is 17.7 Å². The number of nitrogens with zero attached hydrogens (tertiary/aromatic N) is 3. The summed E-state index contributed by atoms with van der Waals surface area (Å²) < 4.78 is 50.0. The number of nitrogens with one attached hydrogen (secondary N) is 1. The molecule has 136 valence electrons. The van der Waals surface area contributed by atoms with Crippen molar-refractivity contribution in [3.63, 3.8) is 0 Å². The minimum absolute atomic E-state index is 0.0200. The van der Waals surface area contributed by atoms with E-state index >= 15 is 0 Å². The first-order valence-corrected chi connectivity index (χ1v) is 9.24. The Morgan fingerprint density at radius 3 is 2.62 bits per heavy atom. The van der Waals surface area contributed by atoms with Crippen LogP contribution < -0.4 is 10.5 Å². The van der Waals surface area contributed by atoms with Crippen molar-refractivity contribution in [2.75, 3.05) is 10.5 Å². The average molecular weight is 420 g/mol. The molecule has 3 N–H and O–H groups in total. The number of hydrogen-bond acceptors (Lipinski definition) is 7. The number of nitrogen functional groups attached to an aromatic ring is 1. The van der Waals surface area contributed by atoms with Gasteiger partial charge in [0.1, 0.15) is 10.7 Å². The number of nitrogens with two attached hydrogens (primary N) is 1. The van der Waals surface area contributed by atoms with Crippen molar-refractivity contribution >= 4 is 45.9 Å². The summed E-state index contributed by atoms with van der Waals surface area (Å²) in [5.74, 6) is 0.116. The molecule has 0 aliphatic heterocycles. The summed E-state index contributed by atoms with van der Waals surface area (Å²) in [6.07, 6.45) is 1.51. The SMILES string of the molecule is Nc1nccc(-c2nc(-c3ccc(N[S+]([O-])C(F)(F)F)cc3Cl)cs2)n1. The quantitative estimate of drug-likeness (QED) is 0.617. The molecule has 0 fully saturated rings. The van der Waals surface area contributed by atoms with E-state index in [2.05, 4.69) is 15.0 Å². The number of hydrogen-bond donors (Lipinski definition) is 2. The second kappa shape index (κ2) is 7.27. The highest BCUT2D eigenvalue weighted by Gasteiger charge is 2.46. The molecule has 2 aromatic heterocycles. The predicted molar refractivity (Wildman–Crippen MR) is 95.8 cm³/mol. The highest BCUT2D eigenvalue weighted by molar-refractivity contribution is 7.93. The highest BCUT2D eigenvalue weighted by Crippen LogP contribution is 2.34. The highest BCUT2D eigenvalue weighted by atomic mass is 35.5. The second-order valence-corrected chi connectivity index (χ2v) is 7.32. The van der Waals surface area contributed by atoms with Gasteiger partial charge in [0.2, 0.25) is 5.95 Å². The number of halogens is 4. The van der Waals surface area contributed by atoms with Crippen molar-refractivity contribution in [2.24, 2.45) is 0 Å². The average Bonchev–Trinajstić information content (AvgIpc) is 3.04. The summed E-state index contributed by atoms with van der Waals surface area (Å²) in [6, 6.07) is 5.74. The number of benzene rings is 1. The van der Waals surface area contributed by atoms with Crippen molar-refractivity contribution in [1.82, 2.24) is 15.0 Å². The summed E-state index contributed by atoms with van der Waals surface area (Å²) in [6.45, 7) is 0. The minimum Gasteiger partial charge on any atom is -0.586 e. The smallest absolute Gasteiger partial charge is 0.586 e. The Balaban J connectivity index is 1.84. The second-order valence-electron chi connectivity index (χ2n) is 4.85. The van der Waals surface area contributed by atoms with Crippen molar-refractivity contribution in [3.05, 3.63) is 40.9 Å². The van der Waals surface area contributed by atoms with Crippen LogP contribution in [0.3, 0.4) is 0 Å². The van der Waals surface area contributed by atoms with Gasteiger partial charge in [0.25, 0.3) is 0 Å². The molecule has 0 saturated heterocycles. The molecule has 1 atom stereocenters. The summed E-state index contributed by atoms with van der Waals surface area (Å²) in [5.41, 5.74) is 2.24. The summed E-state index contributed by atoms with van der Waals surface area (Å²) in [4.78, 5) is 12.3. The molecule has 6 nitrogen and oxygen atoms in total. The van der Waals surface area contributed by atoms with Gasteiger partial charge in [0, 0.05) is 17.1 Å². The Kier molecular flexibility index (Phi) is 5.23. The lowest BCUT2D eigenvalue weighted by Crippen LogP contribution is -2.29. The van der Waals surface area contributed by atoms with E-state index in [0.29, 0.717) is 22.0 Å². The molecule has 0 bridgehead atoms. The normalized spacial score (nSPS) is 12.8. The zero-order valence-electron chi connectivity index (χ0n) is 12.6. The Morgan fingerprint density at radius 2 is 1.96 bits per heavy atom. The van der Waals surface area contributed by atoms with E-state index in [0.717, 1.165) is 0 Å². The number of aromatic nitrogens is 3. The van der Waals surface area contributed by atoms with E-state index in [4.69, 9.17) is 17.3 Å². The molecular weight excluding hydrogens is 411 g/mol. The van der Waals surface area contributed by atoms with Crippen LogP contribution in [0, 0.1) is 0 Å². The molecule has 0 aliphatic carbocycles. The van der Waals surface area contributed by atoms with Crippen LogP contribution in [-0.4, -0.2) is 25.0 Å². The third-order valence-electron chi connectivity index (χ3n) is 3.06. The van der Waals surface area contributed by atoms with Crippen LogP contribution in [0.2, 0.25) is 5.02 Å². The fourth-order valence-corrected chi connectivity index (χ4v) is 3.48. The molecule has 1 aromatic carbocycles. The Bertz CT molecular complexity index is 937. The molecule has 3 rings (SSSR count). The first-order chi connectivity index (χ1) is 12.2. The van der Waals surface area contributed by atoms with Crippen LogP contribution in [0.15, 0.2) is 35.8 Å². The van der Waals surface area contributed by atoms with Gasteiger partial charge in [-0.25, -0.2) is 19.7 Å². The molecule has 1 unspecified atom stereocenters. The monoisotopic (exact) mass is 419 g/mol. The molecule has 12 heteroatoms. The van der Waals surface area contributed by atoms with Crippen molar-refractivity contribution in [1.29, 1.82) is 0 Å². The summed E-state index contributed by atoms with van der Waals surface area (Å²) in [5, 5.41) is 2.48. The molecule has 0 aliphatic rings. The molecule has 2 heterocycles. The lowest BCUT2D eigenvalue weighted by molar-refractivity contribution is -0.0428. The fourth-order valence-electron chi connectivity index (χ4n) is 1.96. The number of anilines is 2. The first kappa shape index (κ1) is 18.7. The third kappa shape index (κ3) is 4.18. The van der Waals surface area contributed by atoms with Gasteiger partial charge >= 0.3 is 5.51 Å². The van der Waals surface area contributed by atoms with E-state index in [1.165, 1.54) is 35.7 Å². The van der Waals surface area contributed by atoms with Gasteiger partial charge < -0.3 is 10.3 Å². The van der Waals surface area contributed by atoms with Gasteiger partial charge in [-0.05, 0) is 24.3 Å². The van der Waals surface area contributed by atoms with E-state index < -0.39 is 16.9 Å². The van der Waals surface area contributed by atoms with Gasteiger partial charge in [-0.2, -0.15) is 0 Å². The molecule has 0 amide bonds. The van der Waals surface area contributed by atoms with Gasteiger partial charge in [-0.3, -0.25) is 0 Å². The van der Waals surface area contributed by atoms with Crippen LogP contribution in [0.25, 0.3) is 22.0 Å². The maximum Gasteiger partial charge on any atom is 0.598 e. The molecule has 0 radical (unpaired) electrons. The Morgan fingerprint density at radius 1 is 1.19 bits per heavy atom. The van der Waals surface area contributed by atoms with Crippen LogP contribution >= 0.6 is 22.9 Å². The van der Waals surface area contributed by atoms with Gasteiger partial charge in [-0.1, -0.05) is 11.6 Å². The molecule has 0 spiro atoms. The lowest BCUT2D eigenvalue weighted by Gasteiger charge is -2.13. The zero-order chi connectivity index (χ0) is 18.9. The van der Waals surface area contributed by atoms with Crippen LogP contribution in [0.1, 0.15) is 0 Å². The van der Waals surface area contributed by atoms with E-state index in [1.54, 1.807) is 11.4 Å². The maximum absolute atomic E-state index is 12.3. The standard InChI is InChI=1S/C14H9ClF3N5OS2/c15-9-5-7(23-26(24)14(16,17)18)1-2-8(9)11-6-25-12(21-11)10-3-4-20-13(19)22-10/h1-6,23H,(H2,19,20,22). The molecular formula is C14H9ClF3N5OS2. The summed E-state index contributed by atoms with van der Waals surface area (Å²) in [7, 11) is 0. The van der Waals surface area contributed by atoms with Crippen LogP contribution in [0.4, 0.5) is 24.8 Å². The van der Waals surface area contributed by atoms with Crippen molar-refractivity contribution in [3.8, 4) is 22.0 Å². The molecule has 26 heavy (non-hydrogen) atoms. The van der Waals surface area contributed by atoms with E-state index in [9.17, 15) is 17.7 Å². The number of alkyl halides is 3. The topological polar surface area (TPSA) is 99.8 Å². The van der Waals surface area contributed by atoms with Crippen LogP contribution in [0.5, 0.6) is 0 Å². The van der Waals surface area contributed by atoms with Gasteiger partial charge in [-0.15, -0.1) is 24.5 Å². The lowest BCUT2D eigenvalue weighted by atomic mass is 10.1. The predicted octanol–water partition coefficient (Wildman–Crippen LogP) is 4.10. The van der Waals surface area contributed by atoms with E-state index in [-0.39, 0.29) is 16.7 Å².